The molecular formula is C15H14F3N3O2. The first-order valence-corrected chi connectivity index (χ1v) is 6.62. The molecule has 0 atom stereocenters. The van der Waals surface area contributed by atoms with Crippen LogP contribution >= 0.6 is 0 Å². The number of rotatable bonds is 4. The van der Waals surface area contributed by atoms with Crippen LogP contribution in [0.4, 0.5) is 19.0 Å². The highest BCUT2D eigenvalue weighted by molar-refractivity contribution is 5.80. The molecule has 0 aliphatic rings. The molecule has 0 spiro atoms. The van der Waals surface area contributed by atoms with Crippen LogP contribution in [0.15, 0.2) is 36.5 Å². The van der Waals surface area contributed by atoms with E-state index in [1.165, 1.54) is 31.4 Å². The maximum atomic E-state index is 12.7. The molecule has 5 nitrogen and oxygen atoms in total. The van der Waals surface area contributed by atoms with E-state index in [4.69, 9.17) is 0 Å². The number of hydrogen-bond donors (Lipinski definition) is 3. The van der Waals surface area contributed by atoms with Crippen LogP contribution in [-0.2, 0) is 11.0 Å². The van der Waals surface area contributed by atoms with Crippen molar-refractivity contribution < 1.29 is 23.1 Å². The first-order valence-electron chi connectivity index (χ1n) is 6.62. The molecule has 2 rings (SSSR count). The Morgan fingerprint density at radius 1 is 1.26 bits per heavy atom. The van der Waals surface area contributed by atoms with Crippen molar-refractivity contribution >= 4 is 11.7 Å². The number of likely N-dealkylation sites (N-methyl/N-ethyl adjacent to an activating group) is 1. The lowest BCUT2D eigenvalue weighted by Crippen LogP contribution is -2.26. The zero-order valence-corrected chi connectivity index (χ0v) is 12.1. The predicted molar refractivity (Wildman–Crippen MR) is 78.9 cm³/mol. The molecule has 0 unspecified atom stereocenters. The smallest absolute Gasteiger partial charge is 0.416 e. The van der Waals surface area contributed by atoms with Gasteiger partial charge >= 0.3 is 6.18 Å². The van der Waals surface area contributed by atoms with Gasteiger partial charge in [0.05, 0.1) is 12.1 Å². The molecule has 0 aliphatic carbocycles. The van der Waals surface area contributed by atoms with Gasteiger partial charge in [-0.3, -0.25) is 4.79 Å². The summed E-state index contributed by atoms with van der Waals surface area (Å²) >= 11 is 0. The van der Waals surface area contributed by atoms with Crippen molar-refractivity contribution in [3.8, 4) is 16.9 Å². The Hall–Kier alpha value is -2.77. The number of alkyl halides is 3. The first-order chi connectivity index (χ1) is 10.8. The fourth-order valence-electron chi connectivity index (χ4n) is 1.87. The summed E-state index contributed by atoms with van der Waals surface area (Å²) in [7, 11) is 1.47. The molecule has 0 fully saturated rings. The summed E-state index contributed by atoms with van der Waals surface area (Å²) in [4.78, 5) is 15.1. The standard InChI is InChI=1S/C15H14F3N3O2/c1-19-13(23)8-21-14-12(22)6-10(7-20-14)9-3-2-4-11(5-9)15(16,17)18/h2-7,22H,8H2,1H3,(H,19,23)(H,20,21). The number of carbonyl (C=O) groups is 1. The fraction of sp³-hybridized carbons (Fsp3) is 0.200. The molecule has 0 saturated heterocycles. The molecular weight excluding hydrogens is 311 g/mol. The molecule has 1 aromatic heterocycles. The predicted octanol–water partition coefficient (Wildman–Crippen LogP) is 2.63. The van der Waals surface area contributed by atoms with Crippen molar-refractivity contribution in [2.24, 2.45) is 0 Å². The first kappa shape index (κ1) is 16.6. The summed E-state index contributed by atoms with van der Waals surface area (Å²) in [5.41, 5.74) is -0.170. The Labute approximate surface area is 130 Å². The maximum absolute atomic E-state index is 12.7. The van der Waals surface area contributed by atoms with Crippen LogP contribution < -0.4 is 10.6 Å². The van der Waals surface area contributed by atoms with Crippen LogP contribution in [0.2, 0.25) is 0 Å². The van der Waals surface area contributed by atoms with E-state index in [0.29, 0.717) is 5.56 Å². The Bertz CT molecular complexity index is 717. The summed E-state index contributed by atoms with van der Waals surface area (Å²) in [6.45, 7) is -0.0834. The lowest BCUT2D eigenvalue weighted by atomic mass is 10.0. The number of aromatic hydroxyl groups is 1. The monoisotopic (exact) mass is 325 g/mol. The maximum Gasteiger partial charge on any atom is 0.416 e. The largest absolute Gasteiger partial charge is 0.504 e. The number of halogens is 3. The highest BCUT2D eigenvalue weighted by Crippen LogP contribution is 2.33. The Morgan fingerprint density at radius 2 is 2.00 bits per heavy atom. The number of aromatic nitrogens is 1. The third-order valence-electron chi connectivity index (χ3n) is 3.09. The highest BCUT2D eigenvalue weighted by Gasteiger charge is 2.30. The molecule has 1 heterocycles. The van der Waals surface area contributed by atoms with Crippen LogP contribution in [0.25, 0.3) is 11.1 Å². The van der Waals surface area contributed by atoms with Crippen LogP contribution in [0, 0.1) is 0 Å². The Kier molecular flexibility index (Phi) is 4.73. The van der Waals surface area contributed by atoms with Gasteiger partial charge in [0.15, 0.2) is 11.6 Å². The van der Waals surface area contributed by atoms with Gasteiger partial charge in [0.2, 0.25) is 5.91 Å². The highest BCUT2D eigenvalue weighted by atomic mass is 19.4. The number of amides is 1. The number of benzene rings is 1. The number of carbonyl (C=O) groups excluding carboxylic acids is 1. The number of nitrogens with one attached hydrogen (secondary N) is 2. The zero-order valence-electron chi connectivity index (χ0n) is 12.1. The lowest BCUT2D eigenvalue weighted by molar-refractivity contribution is -0.137. The number of pyridine rings is 1. The molecule has 122 valence electrons. The van der Waals surface area contributed by atoms with Gasteiger partial charge in [-0.2, -0.15) is 13.2 Å². The van der Waals surface area contributed by atoms with Crippen LogP contribution in [0.3, 0.4) is 0 Å². The van der Waals surface area contributed by atoms with E-state index in [1.54, 1.807) is 0 Å². The number of anilines is 1. The summed E-state index contributed by atoms with van der Waals surface area (Å²) in [6, 6.07) is 6.01. The summed E-state index contributed by atoms with van der Waals surface area (Å²) in [5, 5.41) is 14.9. The van der Waals surface area contributed by atoms with Gasteiger partial charge in [0.25, 0.3) is 0 Å². The molecule has 23 heavy (non-hydrogen) atoms. The molecule has 1 aromatic carbocycles. The van der Waals surface area contributed by atoms with Gasteiger partial charge in [-0.15, -0.1) is 0 Å². The third-order valence-corrected chi connectivity index (χ3v) is 3.09. The fourth-order valence-corrected chi connectivity index (χ4v) is 1.87. The third kappa shape index (κ3) is 4.12. The molecule has 8 heteroatoms. The van der Waals surface area contributed by atoms with Crippen molar-refractivity contribution in [2.75, 3.05) is 18.9 Å². The second kappa shape index (κ2) is 6.55. The quantitative estimate of drug-likeness (QED) is 0.808. The van der Waals surface area contributed by atoms with Crippen LogP contribution in [0.1, 0.15) is 5.56 Å². The molecule has 0 radical (unpaired) electrons. The van der Waals surface area contributed by atoms with Gasteiger partial charge < -0.3 is 15.7 Å². The van der Waals surface area contributed by atoms with E-state index in [-0.39, 0.29) is 29.6 Å². The van der Waals surface area contributed by atoms with E-state index >= 15 is 0 Å². The van der Waals surface area contributed by atoms with Gasteiger partial charge in [-0.1, -0.05) is 12.1 Å². The average molecular weight is 325 g/mol. The molecule has 1 amide bonds. The second-order valence-corrected chi connectivity index (χ2v) is 4.70. The van der Waals surface area contributed by atoms with Crippen molar-refractivity contribution in [3.05, 3.63) is 42.1 Å². The molecule has 3 N–H and O–H groups in total. The van der Waals surface area contributed by atoms with E-state index in [1.807, 2.05) is 0 Å². The van der Waals surface area contributed by atoms with Crippen molar-refractivity contribution in [1.82, 2.24) is 10.3 Å². The number of nitrogens with zero attached hydrogens (tertiary/aromatic N) is 1. The molecule has 0 bridgehead atoms. The molecule has 0 saturated carbocycles. The minimum atomic E-state index is -4.44. The Morgan fingerprint density at radius 3 is 2.61 bits per heavy atom. The van der Waals surface area contributed by atoms with Crippen LogP contribution in [0.5, 0.6) is 5.75 Å². The van der Waals surface area contributed by atoms with E-state index in [2.05, 4.69) is 15.6 Å². The average Bonchev–Trinajstić information content (AvgIpc) is 2.52. The van der Waals surface area contributed by atoms with E-state index in [9.17, 15) is 23.1 Å². The van der Waals surface area contributed by atoms with E-state index in [0.717, 1.165) is 12.1 Å². The van der Waals surface area contributed by atoms with Crippen LogP contribution in [-0.4, -0.2) is 29.6 Å². The zero-order chi connectivity index (χ0) is 17.0. The Balaban J connectivity index is 2.25. The minimum Gasteiger partial charge on any atom is -0.504 e. The van der Waals surface area contributed by atoms with Gasteiger partial charge in [0.1, 0.15) is 0 Å². The summed E-state index contributed by atoms with van der Waals surface area (Å²) in [6.07, 6.45) is -3.12. The SMILES string of the molecule is CNC(=O)CNc1ncc(-c2cccc(C(F)(F)F)c2)cc1O. The van der Waals surface area contributed by atoms with Gasteiger partial charge in [0, 0.05) is 18.8 Å². The summed E-state index contributed by atoms with van der Waals surface area (Å²) < 4.78 is 38.2. The van der Waals surface area contributed by atoms with Crippen molar-refractivity contribution in [3.63, 3.8) is 0 Å². The second-order valence-electron chi connectivity index (χ2n) is 4.70. The van der Waals surface area contributed by atoms with E-state index < -0.39 is 11.7 Å². The van der Waals surface area contributed by atoms with Crippen molar-refractivity contribution in [1.29, 1.82) is 0 Å². The normalized spacial score (nSPS) is 11.1. The van der Waals surface area contributed by atoms with Gasteiger partial charge in [-0.05, 0) is 23.8 Å². The lowest BCUT2D eigenvalue weighted by Gasteiger charge is -2.11. The molecule has 2 aromatic rings. The topological polar surface area (TPSA) is 74.2 Å². The van der Waals surface area contributed by atoms with Gasteiger partial charge in [-0.25, -0.2) is 4.98 Å². The number of hydrogen-bond acceptors (Lipinski definition) is 4. The van der Waals surface area contributed by atoms with Crippen molar-refractivity contribution in [2.45, 2.75) is 6.18 Å². The molecule has 0 aliphatic heterocycles. The summed E-state index contributed by atoms with van der Waals surface area (Å²) in [5.74, 6) is -0.485. The minimum absolute atomic E-state index is 0.0734.